The van der Waals surface area contributed by atoms with Gasteiger partial charge in [-0.15, -0.1) is 11.3 Å². The van der Waals surface area contributed by atoms with Crippen LogP contribution in [0.3, 0.4) is 0 Å². The number of aromatic amines is 1. The summed E-state index contributed by atoms with van der Waals surface area (Å²) in [6.45, 7) is 0. The van der Waals surface area contributed by atoms with Crippen molar-refractivity contribution in [2.45, 2.75) is 0 Å². The highest BCUT2D eigenvalue weighted by Crippen LogP contribution is 2.27. The van der Waals surface area contributed by atoms with Gasteiger partial charge in [-0.25, -0.2) is 14.4 Å². The molecule has 9 heteroatoms. The summed E-state index contributed by atoms with van der Waals surface area (Å²) in [6.07, 6.45) is 8.59. The first-order valence-corrected chi connectivity index (χ1v) is 9.54. The number of carbonyl (C=O) groups excluding carboxylic acids is 1. The molecule has 0 aliphatic carbocycles. The van der Waals surface area contributed by atoms with E-state index in [-0.39, 0.29) is 5.56 Å². The highest BCUT2D eigenvalue weighted by Gasteiger charge is 2.15. The van der Waals surface area contributed by atoms with Crippen LogP contribution < -0.4 is 5.32 Å². The van der Waals surface area contributed by atoms with E-state index in [1.54, 1.807) is 42.3 Å². The maximum absolute atomic E-state index is 14.9. The van der Waals surface area contributed by atoms with Crippen molar-refractivity contribution < 1.29 is 9.18 Å². The number of carbonyl (C=O) groups is 1. The van der Waals surface area contributed by atoms with Crippen LogP contribution in [-0.4, -0.2) is 30.5 Å². The SMILES string of the molecule is O=C(Nc1nccs1)c1ccc(-c2cnc3ccc(-c4cn[nH]c4)cn23)c(F)c1. The zero-order chi connectivity index (χ0) is 19.8. The van der Waals surface area contributed by atoms with Crippen LogP contribution in [0.4, 0.5) is 9.52 Å². The number of fused-ring (bicyclic) bond motifs is 1. The first kappa shape index (κ1) is 17.3. The molecule has 0 bridgehead atoms. The third kappa shape index (κ3) is 3.17. The van der Waals surface area contributed by atoms with E-state index in [9.17, 15) is 9.18 Å². The van der Waals surface area contributed by atoms with Gasteiger partial charge in [0.1, 0.15) is 11.5 Å². The molecule has 142 valence electrons. The average Bonchev–Trinajstić information content (AvgIpc) is 3.49. The Kier molecular flexibility index (Phi) is 4.14. The van der Waals surface area contributed by atoms with Crippen LogP contribution in [0.5, 0.6) is 0 Å². The van der Waals surface area contributed by atoms with Crippen LogP contribution in [0.15, 0.2) is 66.7 Å². The topological polar surface area (TPSA) is 88.0 Å². The number of nitrogens with zero attached hydrogens (tertiary/aromatic N) is 4. The Hall–Kier alpha value is -3.85. The number of imidazole rings is 1. The largest absolute Gasteiger partial charge is 0.299 e. The van der Waals surface area contributed by atoms with Crippen LogP contribution >= 0.6 is 11.3 Å². The Morgan fingerprint density at radius 1 is 1.14 bits per heavy atom. The van der Waals surface area contributed by atoms with Gasteiger partial charge in [0, 0.05) is 46.2 Å². The molecule has 2 N–H and O–H groups in total. The van der Waals surface area contributed by atoms with Crippen LogP contribution in [0.2, 0.25) is 0 Å². The molecule has 0 fully saturated rings. The molecule has 5 rings (SSSR count). The van der Waals surface area contributed by atoms with E-state index < -0.39 is 11.7 Å². The number of hydrogen-bond acceptors (Lipinski definition) is 5. The van der Waals surface area contributed by atoms with E-state index in [2.05, 4.69) is 25.5 Å². The normalized spacial score (nSPS) is 11.1. The summed E-state index contributed by atoms with van der Waals surface area (Å²) in [4.78, 5) is 20.7. The third-order valence-electron chi connectivity index (χ3n) is 4.50. The quantitative estimate of drug-likeness (QED) is 0.469. The van der Waals surface area contributed by atoms with Crippen molar-refractivity contribution >= 4 is 28.0 Å². The lowest BCUT2D eigenvalue weighted by atomic mass is 10.1. The average molecular weight is 404 g/mol. The van der Waals surface area contributed by atoms with Crippen molar-refractivity contribution in [3.8, 4) is 22.4 Å². The molecule has 0 aliphatic heterocycles. The Morgan fingerprint density at radius 2 is 2.07 bits per heavy atom. The first-order valence-electron chi connectivity index (χ1n) is 8.66. The van der Waals surface area contributed by atoms with E-state index in [0.29, 0.717) is 22.0 Å². The molecule has 0 unspecified atom stereocenters. The minimum atomic E-state index is -0.507. The van der Waals surface area contributed by atoms with Crippen molar-refractivity contribution in [2.75, 3.05) is 5.32 Å². The Labute approximate surface area is 167 Å². The molecule has 0 spiro atoms. The molecule has 1 amide bonds. The molecule has 0 radical (unpaired) electrons. The van der Waals surface area contributed by atoms with Crippen molar-refractivity contribution in [1.82, 2.24) is 24.6 Å². The second-order valence-electron chi connectivity index (χ2n) is 6.26. The number of nitrogens with one attached hydrogen (secondary N) is 2. The van der Waals surface area contributed by atoms with Crippen LogP contribution in [0, 0.1) is 5.82 Å². The maximum Gasteiger partial charge on any atom is 0.257 e. The number of thiazole rings is 1. The predicted octanol–water partition coefficient (Wildman–Crippen LogP) is 4.24. The molecule has 0 saturated carbocycles. The Bertz CT molecular complexity index is 1310. The minimum Gasteiger partial charge on any atom is -0.299 e. The molecule has 4 aromatic heterocycles. The van der Waals surface area contributed by atoms with E-state index in [1.807, 2.05) is 22.7 Å². The van der Waals surface area contributed by atoms with Crippen molar-refractivity contribution in [3.63, 3.8) is 0 Å². The Balaban J connectivity index is 1.51. The molecule has 29 heavy (non-hydrogen) atoms. The number of anilines is 1. The van der Waals surface area contributed by atoms with Gasteiger partial charge in [-0.3, -0.25) is 19.6 Å². The highest BCUT2D eigenvalue weighted by molar-refractivity contribution is 7.13. The molecule has 4 heterocycles. The van der Waals surface area contributed by atoms with Crippen molar-refractivity contribution in [1.29, 1.82) is 0 Å². The standard InChI is InChI=1S/C20H13FN6OS/c21-16-7-12(19(28)26-20-22-5-6-29-20)1-3-15(16)17-10-23-18-4-2-13(11-27(17)18)14-8-24-25-9-14/h1-11H,(H,24,25)(H,22,26,28). The lowest BCUT2D eigenvalue weighted by Gasteiger charge is -2.07. The summed E-state index contributed by atoms with van der Waals surface area (Å²) < 4.78 is 16.7. The third-order valence-corrected chi connectivity index (χ3v) is 5.19. The number of H-pyrrole nitrogens is 1. The maximum atomic E-state index is 14.9. The van der Waals surface area contributed by atoms with Gasteiger partial charge in [-0.2, -0.15) is 5.10 Å². The first-order chi connectivity index (χ1) is 14.2. The number of amides is 1. The van der Waals surface area contributed by atoms with E-state index in [4.69, 9.17) is 0 Å². The second kappa shape index (κ2) is 6.95. The molecule has 0 aliphatic rings. The fourth-order valence-corrected chi connectivity index (χ4v) is 3.60. The summed E-state index contributed by atoms with van der Waals surface area (Å²) in [7, 11) is 0. The summed E-state index contributed by atoms with van der Waals surface area (Å²) in [6, 6.07) is 8.18. The van der Waals surface area contributed by atoms with Crippen LogP contribution in [0.25, 0.3) is 28.0 Å². The smallest absolute Gasteiger partial charge is 0.257 e. The van der Waals surface area contributed by atoms with Crippen LogP contribution in [-0.2, 0) is 0 Å². The molecule has 0 saturated heterocycles. The van der Waals surface area contributed by atoms with Gasteiger partial charge >= 0.3 is 0 Å². The Morgan fingerprint density at radius 3 is 2.83 bits per heavy atom. The van der Waals surface area contributed by atoms with Gasteiger partial charge in [0.25, 0.3) is 5.91 Å². The van der Waals surface area contributed by atoms with Crippen LogP contribution in [0.1, 0.15) is 10.4 Å². The monoisotopic (exact) mass is 404 g/mol. The number of pyridine rings is 1. The lowest BCUT2D eigenvalue weighted by Crippen LogP contribution is -2.12. The van der Waals surface area contributed by atoms with E-state index in [1.165, 1.54) is 17.4 Å². The number of aromatic nitrogens is 5. The summed E-state index contributed by atoms with van der Waals surface area (Å²) in [5.41, 5.74) is 3.69. The molecule has 5 aromatic rings. The summed E-state index contributed by atoms with van der Waals surface area (Å²) >= 11 is 1.30. The lowest BCUT2D eigenvalue weighted by molar-refractivity contribution is 0.102. The fourth-order valence-electron chi connectivity index (χ4n) is 3.08. The zero-order valence-corrected chi connectivity index (χ0v) is 15.7. The molecule has 0 atom stereocenters. The minimum absolute atomic E-state index is 0.217. The van der Waals surface area contributed by atoms with Gasteiger partial charge < -0.3 is 0 Å². The number of halogens is 1. The molecular weight excluding hydrogens is 391 g/mol. The van der Waals surface area contributed by atoms with E-state index in [0.717, 1.165) is 11.1 Å². The molecule has 1 aromatic carbocycles. The number of rotatable bonds is 4. The number of benzene rings is 1. The van der Waals surface area contributed by atoms with Crippen molar-refractivity contribution in [3.05, 3.63) is 78.1 Å². The fraction of sp³-hybridized carbons (Fsp3) is 0. The predicted molar refractivity (Wildman–Crippen MR) is 108 cm³/mol. The summed E-state index contributed by atoms with van der Waals surface area (Å²) in [5.74, 6) is -0.918. The van der Waals surface area contributed by atoms with Crippen molar-refractivity contribution in [2.24, 2.45) is 0 Å². The molecule has 7 nitrogen and oxygen atoms in total. The van der Waals surface area contributed by atoms with Gasteiger partial charge in [0.05, 0.1) is 18.1 Å². The molecular formula is C20H13FN6OS. The zero-order valence-electron chi connectivity index (χ0n) is 14.8. The van der Waals surface area contributed by atoms with Gasteiger partial charge in [-0.1, -0.05) is 0 Å². The van der Waals surface area contributed by atoms with Gasteiger partial charge in [-0.05, 0) is 30.3 Å². The van der Waals surface area contributed by atoms with Gasteiger partial charge in [0.2, 0.25) is 0 Å². The summed E-state index contributed by atoms with van der Waals surface area (Å²) in [5, 5.41) is 11.6. The van der Waals surface area contributed by atoms with E-state index >= 15 is 0 Å². The number of hydrogen-bond donors (Lipinski definition) is 2. The second-order valence-corrected chi connectivity index (χ2v) is 7.16. The van der Waals surface area contributed by atoms with Gasteiger partial charge in [0.15, 0.2) is 5.13 Å². The highest BCUT2D eigenvalue weighted by atomic mass is 32.1.